The van der Waals surface area contributed by atoms with Crippen LogP contribution in [0.25, 0.3) is 0 Å². The van der Waals surface area contributed by atoms with Gasteiger partial charge in [-0.1, -0.05) is 26.2 Å². The molecule has 0 unspecified atom stereocenters. The maximum absolute atomic E-state index is 11.1. The molecule has 1 radical (unpaired) electrons. The van der Waals surface area contributed by atoms with Crippen molar-refractivity contribution in [2.75, 3.05) is 6.54 Å². The molecule has 0 aliphatic rings. The van der Waals surface area contributed by atoms with Gasteiger partial charge < -0.3 is 0 Å². The van der Waals surface area contributed by atoms with E-state index in [0.29, 0.717) is 0 Å². The molecular formula is C10H21N2OS. The van der Waals surface area contributed by atoms with Gasteiger partial charge in [0.2, 0.25) is 0 Å². The van der Waals surface area contributed by atoms with Crippen LogP contribution >= 0.6 is 11.9 Å². The quantitative estimate of drug-likeness (QED) is 0.526. The molecule has 0 fully saturated rings. The summed E-state index contributed by atoms with van der Waals surface area (Å²) in [5, 5.41) is 3.76. The molecule has 0 aromatic rings. The fourth-order valence-corrected chi connectivity index (χ4v) is 1.61. The van der Waals surface area contributed by atoms with E-state index in [4.69, 9.17) is 0 Å². The molecule has 1 N–H and O–H groups in total. The minimum atomic E-state index is -0.115. The van der Waals surface area contributed by atoms with Crippen LogP contribution in [0.2, 0.25) is 0 Å². The van der Waals surface area contributed by atoms with Crippen molar-refractivity contribution in [1.29, 1.82) is 0 Å². The van der Waals surface area contributed by atoms with Gasteiger partial charge in [0, 0.05) is 24.5 Å². The van der Waals surface area contributed by atoms with Gasteiger partial charge in [0.25, 0.3) is 0 Å². The highest BCUT2D eigenvalue weighted by atomic mass is 32.2. The first kappa shape index (κ1) is 13.8. The predicted octanol–water partition coefficient (Wildman–Crippen LogP) is 2.94. The Hall–Kier alpha value is -0.220. The number of nitrogens with zero attached hydrogens (tertiary/aromatic N) is 1. The van der Waals surface area contributed by atoms with Gasteiger partial charge in [-0.05, 0) is 20.3 Å². The topological polar surface area (TPSA) is 43.2 Å². The number of carbonyl (C=O) groups excluding carboxylic acids is 1. The van der Waals surface area contributed by atoms with Crippen molar-refractivity contribution in [2.45, 2.75) is 52.5 Å². The van der Waals surface area contributed by atoms with Crippen LogP contribution in [0.5, 0.6) is 0 Å². The van der Waals surface area contributed by atoms with Crippen LogP contribution in [-0.2, 0) is 0 Å². The summed E-state index contributed by atoms with van der Waals surface area (Å²) in [5.41, 5.74) is 0. The van der Waals surface area contributed by atoms with Crippen LogP contribution in [0, 0.1) is 0 Å². The minimum Gasteiger partial charge on any atom is -0.258 e. The Morgan fingerprint density at radius 3 is 2.64 bits per heavy atom. The first-order valence-electron chi connectivity index (χ1n) is 5.31. The minimum absolute atomic E-state index is 0.0943. The van der Waals surface area contributed by atoms with Crippen molar-refractivity contribution in [2.24, 2.45) is 0 Å². The van der Waals surface area contributed by atoms with Gasteiger partial charge in [-0.3, -0.25) is 9.52 Å². The highest BCUT2D eigenvalue weighted by molar-refractivity contribution is 8.11. The molecule has 0 aromatic heterocycles. The predicted molar refractivity (Wildman–Crippen MR) is 62.4 cm³/mol. The molecule has 0 saturated heterocycles. The van der Waals surface area contributed by atoms with Gasteiger partial charge in [-0.15, -0.1) is 0 Å². The molecule has 0 atom stereocenters. The second kappa shape index (κ2) is 9.34. The lowest BCUT2D eigenvalue weighted by Gasteiger charge is -2.05. The summed E-state index contributed by atoms with van der Waals surface area (Å²) in [6, 6.07) is 0.0943. The van der Waals surface area contributed by atoms with Crippen molar-refractivity contribution in [3.05, 3.63) is 0 Å². The molecule has 83 valence electrons. The van der Waals surface area contributed by atoms with Gasteiger partial charge in [0.15, 0.2) is 0 Å². The second-order valence-corrected chi connectivity index (χ2v) is 4.39. The van der Waals surface area contributed by atoms with E-state index < -0.39 is 0 Å². The first-order chi connectivity index (χ1) is 6.66. The normalized spacial score (nSPS) is 10.6. The number of amides is 1. The smallest absolute Gasteiger partial charge is 0.258 e. The van der Waals surface area contributed by atoms with Crippen molar-refractivity contribution < 1.29 is 4.79 Å². The van der Waals surface area contributed by atoms with Crippen molar-refractivity contribution in [3.63, 3.8) is 0 Å². The number of carbonyl (C=O) groups is 1. The third-order valence-electron chi connectivity index (χ3n) is 1.66. The third kappa shape index (κ3) is 9.86. The molecule has 0 spiro atoms. The fourth-order valence-electron chi connectivity index (χ4n) is 0.974. The lowest BCUT2D eigenvalue weighted by atomic mass is 10.2. The van der Waals surface area contributed by atoms with Crippen molar-refractivity contribution >= 4 is 17.2 Å². The van der Waals surface area contributed by atoms with Gasteiger partial charge >= 0.3 is 5.24 Å². The molecule has 0 aliphatic heterocycles. The fraction of sp³-hybridized carbons (Fsp3) is 0.900. The van der Waals surface area contributed by atoms with Crippen LogP contribution in [0.3, 0.4) is 0 Å². The average Bonchev–Trinajstić information content (AvgIpc) is 2.10. The van der Waals surface area contributed by atoms with Gasteiger partial charge in [0.05, 0.1) is 0 Å². The molecule has 0 aliphatic carbocycles. The van der Waals surface area contributed by atoms with E-state index in [-0.39, 0.29) is 11.3 Å². The van der Waals surface area contributed by atoms with E-state index in [1.807, 2.05) is 13.8 Å². The Morgan fingerprint density at radius 1 is 1.36 bits per heavy atom. The first-order valence-corrected chi connectivity index (χ1v) is 6.13. The molecule has 0 bridgehead atoms. The van der Waals surface area contributed by atoms with E-state index in [1.54, 1.807) is 0 Å². The molecular weight excluding hydrogens is 196 g/mol. The Balaban J connectivity index is 3.15. The van der Waals surface area contributed by atoms with Crippen LogP contribution in [0.4, 0.5) is 4.79 Å². The summed E-state index contributed by atoms with van der Waals surface area (Å²) in [5.74, 6) is 0. The van der Waals surface area contributed by atoms with Gasteiger partial charge in [-0.2, -0.15) is 0 Å². The molecule has 0 rings (SSSR count). The van der Waals surface area contributed by atoms with E-state index >= 15 is 0 Å². The van der Waals surface area contributed by atoms with Crippen molar-refractivity contribution in [1.82, 2.24) is 10.0 Å². The summed E-state index contributed by atoms with van der Waals surface area (Å²) in [6.07, 6.45) is 4.89. The highest BCUT2D eigenvalue weighted by Crippen LogP contribution is 2.01. The van der Waals surface area contributed by atoms with Gasteiger partial charge in [-0.25, -0.2) is 5.32 Å². The van der Waals surface area contributed by atoms with E-state index in [9.17, 15) is 4.79 Å². The van der Waals surface area contributed by atoms with Crippen LogP contribution in [0.1, 0.15) is 46.5 Å². The van der Waals surface area contributed by atoms with Gasteiger partial charge in [0.1, 0.15) is 0 Å². The summed E-state index contributed by atoms with van der Waals surface area (Å²) in [4.78, 5) is 11.1. The SMILES string of the molecule is CCCCCCNSC(=O)[N]C(C)C. The summed E-state index contributed by atoms with van der Waals surface area (Å²) < 4.78 is 3.02. The van der Waals surface area contributed by atoms with E-state index in [1.165, 1.54) is 19.3 Å². The number of hydrogen-bond donors (Lipinski definition) is 1. The zero-order chi connectivity index (χ0) is 10.8. The number of rotatable bonds is 7. The molecule has 0 saturated carbocycles. The zero-order valence-corrected chi connectivity index (χ0v) is 10.2. The average molecular weight is 217 g/mol. The van der Waals surface area contributed by atoms with Crippen molar-refractivity contribution in [3.8, 4) is 0 Å². The second-order valence-electron chi connectivity index (χ2n) is 3.55. The monoisotopic (exact) mass is 217 g/mol. The highest BCUT2D eigenvalue weighted by Gasteiger charge is 2.04. The Labute approximate surface area is 91.5 Å². The summed E-state index contributed by atoms with van der Waals surface area (Å²) >= 11 is 1.11. The van der Waals surface area contributed by atoms with E-state index in [0.717, 1.165) is 24.9 Å². The molecule has 0 heterocycles. The third-order valence-corrected chi connectivity index (χ3v) is 2.28. The maximum atomic E-state index is 11.1. The Bertz CT molecular complexity index is 151. The summed E-state index contributed by atoms with van der Waals surface area (Å²) in [7, 11) is 0. The number of nitrogens with one attached hydrogen (secondary N) is 1. The van der Waals surface area contributed by atoms with Crippen LogP contribution < -0.4 is 10.0 Å². The molecule has 14 heavy (non-hydrogen) atoms. The van der Waals surface area contributed by atoms with E-state index in [2.05, 4.69) is 17.0 Å². The molecule has 1 amide bonds. The Kier molecular flexibility index (Phi) is 9.19. The summed E-state index contributed by atoms with van der Waals surface area (Å²) in [6.45, 7) is 6.89. The molecule has 4 heteroatoms. The lowest BCUT2D eigenvalue weighted by molar-refractivity contribution is 0.258. The zero-order valence-electron chi connectivity index (χ0n) is 9.38. The Morgan fingerprint density at radius 2 is 2.07 bits per heavy atom. The van der Waals surface area contributed by atoms with Crippen LogP contribution in [0.15, 0.2) is 0 Å². The van der Waals surface area contributed by atoms with Crippen LogP contribution in [-0.4, -0.2) is 17.8 Å². The molecule has 0 aromatic carbocycles. The lowest BCUT2D eigenvalue weighted by Crippen LogP contribution is -2.21. The molecule has 3 nitrogen and oxygen atoms in total. The number of unbranched alkanes of at least 4 members (excludes halogenated alkanes) is 3. The maximum Gasteiger partial charge on any atom is 0.315 e. The largest absolute Gasteiger partial charge is 0.315 e. The standard InChI is InChI=1S/C10H21N2OS/c1-4-5-6-7-8-11-14-10(13)12-9(2)3/h9,11H,4-8H2,1-3H3. The number of hydrogen-bond acceptors (Lipinski definition) is 3.